The zero-order valence-electron chi connectivity index (χ0n) is 26.7. The number of nitrogens with one attached hydrogen (secondary N) is 1. The van der Waals surface area contributed by atoms with Crippen molar-refractivity contribution in [2.75, 3.05) is 18.4 Å². The van der Waals surface area contributed by atoms with E-state index >= 15 is 0 Å². The number of Topliss-reactive ketones (excluding diaryl/α,β-unsaturated/α-hetero) is 1. The fraction of sp³-hybridized carbons (Fsp3) is 0.417. The lowest BCUT2D eigenvalue weighted by molar-refractivity contribution is -0.119. The molecule has 1 aliphatic heterocycles. The zero-order valence-corrected chi connectivity index (χ0v) is 26.7. The van der Waals surface area contributed by atoms with Crippen molar-refractivity contribution in [1.82, 2.24) is 19.9 Å². The third-order valence-electron chi connectivity index (χ3n) is 8.39. The van der Waals surface area contributed by atoms with Gasteiger partial charge in [0.15, 0.2) is 0 Å². The Labute approximate surface area is 264 Å². The number of fused-ring (bicyclic) bond motifs is 1. The minimum atomic E-state index is -0.542. The highest BCUT2D eigenvalue weighted by atomic mass is 16.6. The molecule has 1 amide bonds. The smallest absolute Gasteiger partial charge is 0.410 e. The van der Waals surface area contributed by atoms with Crippen molar-refractivity contribution in [3.63, 3.8) is 0 Å². The number of carbonyl (C=O) groups excluding carboxylic acids is 2. The molecule has 9 heteroatoms. The minimum Gasteiger partial charge on any atom is -0.444 e. The standard InChI is InChI=1S/C36H41N5O4/c1-22-10-15-27-26(29(22)20-31(42)24-12-13-24)14-11-23(2)32(27)44-33-28(9-6-17-37-33)30-16-18-38-34(40-30)39-25-8-7-19-41(21-25)35(43)45-36(3,4)5/h6,9-11,14-18,24-25H,7-8,12-13,19-21H2,1-5H3,(H,38,39,40)/t25-/m0/s1. The number of aryl methyl sites for hydroxylation is 2. The molecule has 45 heavy (non-hydrogen) atoms. The summed E-state index contributed by atoms with van der Waals surface area (Å²) in [6.07, 6.45) is 7.31. The fourth-order valence-corrected chi connectivity index (χ4v) is 5.86. The van der Waals surface area contributed by atoms with E-state index in [1.165, 1.54) is 0 Å². The molecule has 9 nitrogen and oxygen atoms in total. The maximum Gasteiger partial charge on any atom is 0.410 e. The molecule has 1 N–H and O–H groups in total. The van der Waals surface area contributed by atoms with Crippen molar-refractivity contribution < 1.29 is 19.1 Å². The monoisotopic (exact) mass is 607 g/mol. The number of aromatic nitrogens is 3. The van der Waals surface area contributed by atoms with Crippen LogP contribution in [0.5, 0.6) is 11.6 Å². The van der Waals surface area contributed by atoms with Gasteiger partial charge in [-0.2, -0.15) is 0 Å². The molecular formula is C36H41N5O4. The largest absolute Gasteiger partial charge is 0.444 e. The van der Waals surface area contributed by atoms with Crippen molar-refractivity contribution in [2.24, 2.45) is 5.92 Å². The molecule has 0 spiro atoms. The van der Waals surface area contributed by atoms with Gasteiger partial charge in [-0.1, -0.05) is 24.3 Å². The van der Waals surface area contributed by atoms with Crippen LogP contribution in [0.15, 0.2) is 54.9 Å². The lowest BCUT2D eigenvalue weighted by Gasteiger charge is -2.34. The summed E-state index contributed by atoms with van der Waals surface area (Å²) in [5.41, 5.74) is 4.00. The zero-order chi connectivity index (χ0) is 31.7. The van der Waals surface area contributed by atoms with E-state index in [1.54, 1.807) is 17.3 Å². The molecule has 234 valence electrons. The van der Waals surface area contributed by atoms with E-state index in [2.05, 4.69) is 40.4 Å². The van der Waals surface area contributed by atoms with Crippen LogP contribution < -0.4 is 10.1 Å². The lowest BCUT2D eigenvalue weighted by Crippen LogP contribution is -2.47. The first-order valence-electron chi connectivity index (χ1n) is 15.8. The Morgan fingerprint density at radius 1 is 0.956 bits per heavy atom. The highest BCUT2D eigenvalue weighted by Gasteiger charge is 2.30. The Bertz CT molecular complexity index is 1740. The highest BCUT2D eigenvalue weighted by molar-refractivity contribution is 5.97. The van der Waals surface area contributed by atoms with Crippen molar-refractivity contribution >= 4 is 28.6 Å². The lowest BCUT2D eigenvalue weighted by atomic mass is 9.93. The Morgan fingerprint density at radius 2 is 1.73 bits per heavy atom. The third-order valence-corrected chi connectivity index (χ3v) is 8.39. The number of piperidine rings is 1. The predicted octanol–water partition coefficient (Wildman–Crippen LogP) is 7.43. The number of ether oxygens (including phenoxy) is 2. The molecule has 2 aromatic heterocycles. The van der Waals surface area contributed by atoms with Gasteiger partial charge in [-0.3, -0.25) is 4.79 Å². The van der Waals surface area contributed by atoms with Gasteiger partial charge >= 0.3 is 6.09 Å². The number of amides is 1. The van der Waals surface area contributed by atoms with Crippen LogP contribution in [0.25, 0.3) is 22.0 Å². The Morgan fingerprint density at radius 3 is 2.51 bits per heavy atom. The first-order valence-corrected chi connectivity index (χ1v) is 15.8. The molecule has 2 aliphatic rings. The maximum atomic E-state index is 12.8. The number of carbonyl (C=O) groups is 2. The highest BCUT2D eigenvalue weighted by Crippen LogP contribution is 2.39. The molecule has 1 atom stereocenters. The molecule has 0 radical (unpaired) electrons. The van der Waals surface area contributed by atoms with Crippen molar-refractivity contribution in [3.8, 4) is 22.9 Å². The third kappa shape index (κ3) is 7.08. The minimum absolute atomic E-state index is 0.00563. The summed E-state index contributed by atoms with van der Waals surface area (Å²) < 4.78 is 12.2. The van der Waals surface area contributed by atoms with Gasteiger partial charge in [-0.15, -0.1) is 0 Å². The summed E-state index contributed by atoms with van der Waals surface area (Å²) in [6.45, 7) is 10.9. The van der Waals surface area contributed by atoms with E-state index in [-0.39, 0.29) is 18.1 Å². The van der Waals surface area contributed by atoms with Crippen LogP contribution in [0.3, 0.4) is 0 Å². The van der Waals surface area contributed by atoms with Crippen molar-refractivity contribution in [1.29, 1.82) is 0 Å². The number of hydrogen-bond acceptors (Lipinski definition) is 8. The molecule has 1 aliphatic carbocycles. The molecule has 2 aromatic carbocycles. The first-order chi connectivity index (χ1) is 21.6. The second kappa shape index (κ2) is 12.5. The van der Waals surface area contributed by atoms with Gasteiger partial charge in [0.25, 0.3) is 0 Å². The summed E-state index contributed by atoms with van der Waals surface area (Å²) in [4.78, 5) is 41.1. The van der Waals surface area contributed by atoms with E-state index in [0.717, 1.165) is 58.7 Å². The molecule has 0 unspecified atom stereocenters. The number of benzene rings is 2. The number of rotatable bonds is 8. The summed E-state index contributed by atoms with van der Waals surface area (Å²) in [6, 6.07) is 13.9. The van der Waals surface area contributed by atoms with Crippen LogP contribution in [0.2, 0.25) is 0 Å². The second-order valence-electron chi connectivity index (χ2n) is 13.2. The molecule has 6 rings (SSSR count). The van der Waals surface area contributed by atoms with Crippen molar-refractivity contribution in [3.05, 3.63) is 71.5 Å². The molecule has 2 fully saturated rings. The summed E-state index contributed by atoms with van der Waals surface area (Å²) in [5, 5.41) is 5.40. The van der Waals surface area contributed by atoms with E-state index < -0.39 is 5.60 Å². The van der Waals surface area contributed by atoms with E-state index in [1.807, 2.05) is 52.0 Å². The van der Waals surface area contributed by atoms with Gasteiger partial charge in [0, 0.05) is 49.2 Å². The normalized spacial score (nSPS) is 16.8. The molecule has 4 aromatic rings. The molecule has 0 bridgehead atoms. The average molecular weight is 608 g/mol. The van der Waals surface area contributed by atoms with Gasteiger partial charge in [-0.05, 0) is 101 Å². The molecular weight excluding hydrogens is 566 g/mol. The number of anilines is 1. The van der Waals surface area contributed by atoms with Crippen LogP contribution in [-0.4, -0.2) is 56.5 Å². The van der Waals surface area contributed by atoms with Gasteiger partial charge in [0.1, 0.15) is 17.1 Å². The molecule has 1 saturated heterocycles. The number of hydrogen-bond donors (Lipinski definition) is 1. The van der Waals surface area contributed by atoms with Crippen molar-refractivity contribution in [2.45, 2.75) is 78.4 Å². The van der Waals surface area contributed by atoms with Crippen LogP contribution >= 0.6 is 0 Å². The topological polar surface area (TPSA) is 107 Å². The van der Waals surface area contributed by atoms with E-state index in [9.17, 15) is 9.59 Å². The SMILES string of the molecule is Cc1ccc2c(Oc3ncccc3-c3ccnc(N[C@H]4CCCN(C(=O)OC(C)(C)C)C4)n3)c(C)ccc2c1CC(=O)C1CC1. The van der Waals surface area contributed by atoms with Gasteiger partial charge < -0.3 is 19.7 Å². The number of likely N-dealkylation sites (tertiary alicyclic amines) is 1. The van der Waals surface area contributed by atoms with Crippen LogP contribution in [0.1, 0.15) is 63.1 Å². The predicted molar refractivity (Wildman–Crippen MR) is 175 cm³/mol. The van der Waals surface area contributed by atoms with E-state index in [4.69, 9.17) is 14.5 Å². The number of pyridine rings is 1. The number of nitrogens with zero attached hydrogens (tertiary/aromatic N) is 4. The van der Waals surface area contributed by atoms with Crippen LogP contribution in [0, 0.1) is 19.8 Å². The molecule has 3 heterocycles. The van der Waals surface area contributed by atoms with Gasteiger partial charge in [0.2, 0.25) is 11.8 Å². The molecule has 1 saturated carbocycles. The van der Waals surface area contributed by atoms with Gasteiger partial charge in [0.05, 0.1) is 11.3 Å². The van der Waals surface area contributed by atoms with Crippen LogP contribution in [0.4, 0.5) is 10.7 Å². The van der Waals surface area contributed by atoms with Gasteiger partial charge in [-0.25, -0.2) is 19.7 Å². The fourth-order valence-electron chi connectivity index (χ4n) is 5.86. The Kier molecular flexibility index (Phi) is 8.44. The van der Waals surface area contributed by atoms with E-state index in [0.29, 0.717) is 48.6 Å². The maximum absolute atomic E-state index is 12.8. The average Bonchev–Trinajstić information content (AvgIpc) is 3.86. The summed E-state index contributed by atoms with van der Waals surface area (Å²) in [5.74, 6) is 2.15. The number of ketones is 1. The van der Waals surface area contributed by atoms with Crippen LogP contribution in [-0.2, 0) is 16.0 Å². The second-order valence-corrected chi connectivity index (χ2v) is 13.2. The summed E-state index contributed by atoms with van der Waals surface area (Å²) >= 11 is 0. The quantitative estimate of drug-likeness (QED) is 0.220. The first kappa shape index (κ1) is 30.5. The Balaban J connectivity index is 1.25. The Hall–Kier alpha value is -4.53. The summed E-state index contributed by atoms with van der Waals surface area (Å²) in [7, 11) is 0.